The molecule has 0 bridgehead atoms. The van der Waals surface area contributed by atoms with E-state index in [4.69, 9.17) is 22.9 Å². The SMILES string of the molecule is CCCC(=O)N[C@@H](CSCc1cccc(CSC[C@H](NC(=O)[C@H](CCCN=C(N)N)NC(C)=O)C(=O)N[C@H](C(=O)N[C@@H](Cc2ccc(O)cc2)C(=O)NCC(=O)N[C@@H](CC)C(=O)NCC(=O)N[C@@H](CCC)C(=O)NCC(=O)NCC(=O)NCC(N)=O)C(C)(C)C)c1)C(N)=O. The number of rotatable bonds is 43. The van der Waals surface area contributed by atoms with Gasteiger partial charge in [-0.15, -0.1) is 0 Å². The zero-order valence-electron chi connectivity index (χ0n) is 54.1. The summed E-state index contributed by atoms with van der Waals surface area (Å²) in [6, 6.07) is 4.69. The van der Waals surface area contributed by atoms with Crippen LogP contribution in [0.15, 0.2) is 53.5 Å². The van der Waals surface area contributed by atoms with E-state index >= 15 is 0 Å². The standard InChI is InChI=1S/C60H93N17O15S2/c1-8-13-40(54(88)68-27-48(83)67-26-47(82)66-25-45(61)80)73-50(85)29-69-53(87)39(10-3)72-49(84)28-70-55(89)42(24-35-18-20-38(79)21-19-35)75-58(92)51(60(5,6)7)77-57(91)44(76-56(90)41(71-34(4)78)17-12-22-65-59(63)64)33-94-31-37-16-11-15-36(23-37)30-93-32-43(52(62)86)74-46(81)14-9-2/h11,15-16,18-21,23,39-44,51,79H,8-10,12-14,17,22,24-33H2,1-7H3,(H2,61,80)(H2,62,86)(H,66,82)(H,67,83)(H,68,88)(H,69,87)(H,70,89)(H,71,78)(H,72,84)(H,73,85)(H,74,81)(H,75,92)(H,76,90)(H,77,91)(H4,63,64,65)/t39-,40-,41-,42-,43-,44-,51+/m0/s1. The third kappa shape index (κ3) is 33.4. The van der Waals surface area contributed by atoms with Gasteiger partial charge >= 0.3 is 0 Å². The molecule has 0 saturated carbocycles. The fraction of sp³-hybridized carbons (Fsp3) is 0.550. The van der Waals surface area contributed by atoms with Crippen LogP contribution in [0.25, 0.3) is 0 Å². The Balaban J connectivity index is 2.30. The summed E-state index contributed by atoms with van der Waals surface area (Å²) in [4.78, 5) is 185. The highest BCUT2D eigenvalue weighted by Gasteiger charge is 2.38. The summed E-state index contributed by atoms with van der Waals surface area (Å²) in [7, 11) is 0. The highest BCUT2D eigenvalue weighted by molar-refractivity contribution is 7.98. The molecule has 0 aliphatic carbocycles. The molecule has 0 aliphatic rings. The lowest BCUT2D eigenvalue weighted by molar-refractivity contribution is -0.136. The molecular formula is C60H93N17O15S2. The number of nitrogens with one attached hydrogen (secondary N) is 12. The Morgan fingerprint density at radius 3 is 1.51 bits per heavy atom. The highest BCUT2D eigenvalue weighted by atomic mass is 32.2. The van der Waals surface area contributed by atoms with Crippen molar-refractivity contribution >= 4 is 112 Å². The van der Waals surface area contributed by atoms with Gasteiger partial charge in [0.25, 0.3) is 0 Å². The number of hydrogen-bond acceptors (Lipinski definition) is 18. The minimum atomic E-state index is -1.44. The monoisotopic (exact) mass is 1360 g/mol. The average molecular weight is 1360 g/mol. The van der Waals surface area contributed by atoms with Gasteiger partial charge in [-0.2, -0.15) is 23.5 Å². The van der Waals surface area contributed by atoms with Crippen molar-refractivity contribution in [2.75, 3.05) is 50.8 Å². The number of benzene rings is 2. The molecule has 0 spiro atoms. The fourth-order valence-electron chi connectivity index (χ4n) is 8.57. The van der Waals surface area contributed by atoms with Crippen molar-refractivity contribution in [1.29, 1.82) is 0 Å². The van der Waals surface area contributed by atoms with Gasteiger partial charge in [0.15, 0.2) is 5.96 Å². The number of thioether (sulfide) groups is 2. The summed E-state index contributed by atoms with van der Waals surface area (Å²) >= 11 is 2.67. The molecule has 94 heavy (non-hydrogen) atoms. The van der Waals surface area contributed by atoms with Crippen LogP contribution in [-0.4, -0.2) is 187 Å². The first-order valence-electron chi connectivity index (χ1n) is 30.4. The second kappa shape index (κ2) is 42.8. The molecule has 0 radical (unpaired) electrons. The minimum absolute atomic E-state index is 0.0152. The van der Waals surface area contributed by atoms with Crippen molar-refractivity contribution in [2.45, 2.75) is 154 Å². The Bertz CT molecular complexity index is 2960. The van der Waals surface area contributed by atoms with Gasteiger partial charge < -0.3 is 91.8 Å². The highest BCUT2D eigenvalue weighted by Crippen LogP contribution is 2.23. The second-order valence-corrected chi connectivity index (χ2v) is 24.8. The number of nitrogens with zero attached hydrogens (tertiary/aromatic N) is 1. The summed E-state index contributed by atoms with van der Waals surface area (Å²) in [5.41, 5.74) is 22.6. The Kier molecular flexibility index (Phi) is 36.9. The van der Waals surface area contributed by atoms with Crippen molar-refractivity contribution < 1.29 is 72.2 Å². The number of hydrogen-bond donors (Lipinski definition) is 17. The third-order valence-electron chi connectivity index (χ3n) is 13.4. The van der Waals surface area contributed by atoms with Crippen LogP contribution in [0, 0.1) is 5.41 Å². The first-order valence-corrected chi connectivity index (χ1v) is 32.7. The van der Waals surface area contributed by atoms with E-state index in [1.54, 1.807) is 34.6 Å². The van der Waals surface area contributed by atoms with Gasteiger partial charge in [0.05, 0.1) is 32.7 Å². The first-order chi connectivity index (χ1) is 44.3. The maximum absolute atomic E-state index is 14.6. The molecule has 520 valence electrons. The molecular weight excluding hydrogens is 1260 g/mol. The summed E-state index contributed by atoms with van der Waals surface area (Å²) in [6.45, 7) is 8.59. The molecule has 34 heteroatoms. The average Bonchev–Trinajstić information content (AvgIpc) is 0.865. The lowest BCUT2D eigenvalue weighted by Gasteiger charge is -2.33. The normalized spacial score (nSPS) is 13.1. The fourth-order valence-corrected chi connectivity index (χ4v) is 10.6. The zero-order valence-corrected chi connectivity index (χ0v) is 55.8. The van der Waals surface area contributed by atoms with Crippen LogP contribution in [0.2, 0.25) is 0 Å². The number of aromatic hydroxyl groups is 1. The van der Waals surface area contributed by atoms with Crippen LogP contribution in [0.4, 0.5) is 0 Å². The summed E-state index contributed by atoms with van der Waals surface area (Å²) in [5.74, 6) is -9.44. The number of nitrogens with two attached hydrogens (primary N) is 4. The van der Waals surface area contributed by atoms with Crippen molar-refractivity contribution in [3.63, 3.8) is 0 Å². The molecule has 0 aromatic heterocycles. The molecule has 2 rings (SSSR count). The Morgan fingerprint density at radius 1 is 0.500 bits per heavy atom. The van der Waals surface area contributed by atoms with Gasteiger partial charge in [-0.1, -0.05) is 84.4 Å². The van der Waals surface area contributed by atoms with E-state index in [-0.39, 0.29) is 74.2 Å². The molecule has 7 atom stereocenters. The van der Waals surface area contributed by atoms with Gasteiger partial charge in [-0.3, -0.25) is 72.1 Å². The lowest BCUT2D eigenvalue weighted by atomic mass is 9.85. The maximum atomic E-state index is 14.6. The van der Waals surface area contributed by atoms with Crippen molar-refractivity contribution in [3.05, 3.63) is 65.2 Å². The Morgan fingerprint density at radius 2 is 0.989 bits per heavy atom. The minimum Gasteiger partial charge on any atom is -0.508 e. The van der Waals surface area contributed by atoms with Crippen LogP contribution in [0.5, 0.6) is 5.75 Å². The lowest BCUT2D eigenvalue weighted by Crippen LogP contribution is -2.62. The number of phenols is 1. The molecule has 2 aromatic carbocycles. The van der Waals surface area contributed by atoms with Crippen molar-refractivity contribution in [3.8, 4) is 5.75 Å². The Labute approximate surface area is 554 Å². The molecule has 21 N–H and O–H groups in total. The van der Waals surface area contributed by atoms with Gasteiger partial charge in [-0.25, -0.2) is 0 Å². The summed E-state index contributed by atoms with van der Waals surface area (Å²) < 4.78 is 0. The first kappa shape index (κ1) is 80.9. The van der Waals surface area contributed by atoms with Crippen LogP contribution < -0.4 is 86.7 Å². The van der Waals surface area contributed by atoms with E-state index < -0.39 is 157 Å². The molecule has 0 unspecified atom stereocenters. The zero-order chi connectivity index (χ0) is 70.5. The molecule has 0 heterocycles. The third-order valence-corrected chi connectivity index (χ3v) is 15.6. The largest absolute Gasteiger partial charge is 0.508 e. The second-order valence-electron chi connectivity index (χ2n) is 22.7. The predicted molar refractivity (Wildman–Crippen MR) is 353 cm³/mol. The van der Waals surface area contributed by atoms with E-state index in [9.17, 15) is 72.2 Å². The quantitative estimate of drug-likeness (QED) is 0.0172. The summed E-state index contributed by atoms with van der Waals surface area (Å²) in [6.07, 6.45) is 1.57. The van der Waals surface area contributed by atoms with Gasteiger partial charge in [0.2, 0.25) is 82.7 Å². The number of aliphatic imine (C=N–C) groups is 1. The molecule has 0 saturated heterocycles. The number of carbonyl (C=O) groups is 14. The van der Waals surface area contributed by atoms with Crippen molar-refractivity contribution in [2.24, 2.45) is 33.3 Å². The molecule has 14 amide bonds. The topological polar surface area (TPSA) is 520 Å². The van der Waals surface area contributed by atoms with Gasteiger partial charge in [0, 0.05) is 49.3 Å². The predicted octanol–water partition coefficient (Wildman–Crippen LogP) is -3.82. The van der Waals surface area contributed by atoms with Crippen LogP contribution in [0.3, 0.4) is 0 Å². The number of amides is 14. The van der Waals surface area contributed by atoms with Gasteiger partial charge in [0.1, 0.15) is 48.0 Å². The van der Waals surface area contributed by atoms with E-state index in [0.29, 0.717) is 29.9 Å². The van der Waals surface area contributed by atoms with E-state index in [2.05, 4.69) is 68.8 Å². The number of carbonyl (C=O) groups excluding carboxylic acids is 14. The number of phenolic OH excluding ortho intramolecular Hbond substituents is 1. The summed E-state index contributed by atoms with van der Waals surface area (Å²) in [5, 5.41) is 40.1. The molecule has 0 fully saturated rings. The van der Waals surface area contributed by atoms with E-state index in [1.165, 1.54) is 54.7 Å². The molecule has 2 aromatic rings. The maximum Gasteiger partial charge on any atom is 0.244 e. The molecule has 0 aliphatic heterocycles. The number of guanidine groups is 1. The van der Waals surface area contributed by atoms with Crippen LogP contribution >= 0.6 is 23.5 Å². The van der Waals surface area contributed by atoms with Gasteiger partial charge in [-0.05, 0) is 66.3 Å². The Hall–Kier alpha value is -9.21. The number of primary amides is 2. The van der Waals surface area contributed by atoms with Crippen LogP contribution in [0.1, 0.15) is 110 Å². The smallest absolute Gasteiger partial charge is 0.244 e. The van der Waals surface area contributed by atoms with Crippen molar-refractivity contribution in [1.82, 2.24) is 63.8 Å². The van der Waals surface area contributed by atoms with E-state index in [0.717, 1.165) is 11.1 Å². The molecule has 32 nitrogen and oxygen atoms in total. The van der Waals surface area contributed by atoms with Crippen LogP contribution in [-0.2, 0) is 85.1 Å². The van der Waals surface area contributed by atoms with E-state index in [1.807, 2.05) is 31.2 Å².